The summed E-state index contributed by atoms with van der Waals surface area (Å²) < 4.78 is 10.1. The zero-order valence-electron chi connectivity index (χ0n) is 12.5. The molecule has 0 fully saturated rings. The van der Waals surface area contributed by atoms with E-state index in [0.717, 1.165) is 22.6 Å². The molecule has 0 atom stereocenters. The van der Waals surface area contributed by atoms with Crippen molar-refractivity contribution in [3.8, 4) is 5.88 Å². The fourth-order valence-electron chi connectivity index (χ4n) is 2.06. The van der Waals surface area contributed by atoms with E-state index in [0.29, 0.717) is 25.3 Å². The van der Waals surface area contributed by atoms with Gasteiger partial charge in [0.15, 0.2) is 0 Å². The van der Waals surface area contributed by atoms with Crippen molar-refractivity contribution in [1.29, 1.82) is 0 Å². The molecule has 2 aromatic heterocycles. The SMILES string of the molecule is COc1cc(CNC(=O)CCc2c(C)noc2C)ccn1. The van der Waals surface area contributed by atoms with E-state index in [2.05, 4.69) is 15.5 Å². The lowest BCUT2D eigenvalue weighted by molar-refractivity contribution is -0.121. The Balaban J connectivity index is 1.82. The van der Waals surface area contributed by atoms with Crippen LogP contribution in [-0.2, 0) is 17.8 Å². The number of aromatic nitrogens is 2. The van der Waals surface area contributed by atoms with Gasteiger partial charge in [-0.3, -0.25) is 4.79 Å². The zero-order chi connectivity index (χ0) is 15.2. The molecule has 0 radical (unpaired) electrons. The van der Waals surface area contributed by atoms with Crippen molar-refractivity contribution in [2.45, 2.75) is 33.2 Å². The predicted octanol–water partition coefficient (Wildman–Crippen LogP) is 1.94. The number of methoxy groups -OCH3 is 1. The topological polar surface area (TPSA) is 77.2 Å². The van der Waals surface area contributed by atoms with E-state index < -0.39 is 0 Å². The molecule has 1 amide bonds. The molecule has 0 spiro atoms. The second kappa shape index (κ2) is 6.88. The normalized spacial score (nSPS) is 10.4. The summed E-state index contributed by atoms with van der Waals surface area (Å²) in [5.74, 6) is 1.31. The number of hydrogen-bond donors (Lipinski definition) is 1. The second-order valence-electron chi connectivity index (χ2n) is 4.79. The highest BCUT2D eigenvalue weighted by Crippen LogP contribution is 2.14. The van der Waals surface area contributed by atoms with Gasteiger partial charge in [-0.05, 0) is 31.9 Å². The van der Waals surface area contributed by atoms with Gasteiger partial charge in [-0.25, -0.2) is 4.98 Å². The third kappa shape index (κ3) is 4.05. The standard InChI is InChI=1S/C15H19N3O3/c1-10-13(11(2)21-18-10)4-5-14(19)17-9-12-6-7-16-15(8-12)20-3/h6-8H,4-5,9H2,1-3H3,(H,17,19). The quantitative estimate of drug-likeness (QED) is 0.879. The number of nitrogens with zero attached hydrogens (tertiary/aromatic N) is 2. The molecular weight excluding hydrogens is 270 g/mol. The van der Waals surface area contributed by atoms with Crippen LogP contribution < -0.4 is 10.1 Å². The molecule has 0 bridgehead atoms. The highest BCUT2D eigenvalue weighted by molar-refractivity contribution is 5.76. The number of nitrogens with one attached hydrogen (secondary N) is 1. The second-order valence-corrected chi connectivity index (χ2v) is 4.79. The number of carbonyl (C=O) groups excluding carboxylic acids is 1. The zero-order valence-corrected chi connectivity index (χ0v) is 12.5. The third-order valence-electron chi connectivity index (χ3n) is 3.28. The number of hydrogen-bond acceptors (Lipinski definition) is 5. The maximum absolute atomic E-state index is 11.9. The number of pyridine rings is 1. The van der Waals surface area contributed by atoms with E-state index in [1.54, 1.807) is 19.4 Å². The largest absolute Gasteiger partial charge is 0.481 e. The van der Waals surface area contributed by atoms with E-state index in [4.69, 9.17) is 9.26 Å². The summed E-state index contributed by atoms with van der Waals surface area (Å²) in [6, 6.07) is 3.64. The van der Waals surface area contributed by atoms with Crippen molar-refractivity contribution >= 4 is 5.91 Å². The summed E-state index contributed by atoms with van der Waals surface area (Å²) in [6.07, 6.45) is 2.70. The van der Waals surface area contributed by atoms with Crippen molar-refractivity contribution in [2.75, 3.05) is 7.11 Å². The fraction of sp³-hybridized carbons (Fsp3) is 0.400. The van der Waals surface area contributed by atoms with Crippen LogP contribution >= 0.6 is 0 Å². The van der Waals surface area contributed by atoms with Crippen molar-refractivity contribution in [3.05, 3.63) is 40.9 Å². The van der Waals surface area contributed by atoms with Gasteiger partial charge >= 0.3 is 0 Å². The van der Waals surface area contributed by atoms with Gasteiger partial charge in [0.2, 0.25) is 11.8 Å². The summed E-state index contributed by atoms with van der Waals surface area (Å²) in [5.41, 5.74) is 2.81. The van der Waals surface area contributed by atoms with Crippen LogP contribution in [-0.4, -0.2) is 23.2 Å². The van der Waals surface area contributed by atoms with Crippen LogP contribution in [0.1, 0.15) is 29.0 Å². The van der Waals surface area contributed by atoms with Gasteiger partial charge in [-0.2, -0.15) is 0 Å². The Morgan fingerprint density at radius 2 is 2.24 bits per heavy atom. The molecule has 0 aromatic carbocycles. The average Bonchev–Trinajstić information content (AvgIpc) is 2.82. The van der Waals surface area contributed by atoms with Crippen molar-refractivity contribution in [3.63, 3.8) is 0 Å². The molecule has 112 valence electrons. The number of rotatable bonds is 6. The van der Waals surface area contributed by atoms with Crippen LogP contribution in [0.25, 0.3) is 0 Å². The Kier molecular flexibility index (Phi) is 4.92. The molecule has 2 aromatic rings. The number of carbonyl (C=O) groups is 1. The lowest BCUT2D eigenvalue weighted by Crippen LogP contribution is -2.23. The Hall–Kier alpha value is -2.37. The maximum atomic E-state index is 11.9. The third-order valence-corrected chi connectivity index (χ3v) is 3.28. The number of ether oxygens (including phenoxy) is 1. The molecule has 2 heterocycles. The molecule has 0 aliphatic carbocycles. The van der Waals surface area contributed by atoms with Gasteiger partial charge in [0.1, 0.15) is 5.76 Å². The molecule has 6 nitrogen and oxygen atoms in total. The van der Waals surface area contributed by atoms with E-state index >= 15 is 0 Å². The van der Waals surface area contributed by atoms with Crippen LogP contribution in [0, 0.1) is 13.8 Å². The minimum absolute atomic E-state index is 0.00854. The average molecular weight is 289 g/mol. The Morgan fingerprint density at radius 1 is 1.43 bits per heavy atom. The smallest absolute Gasteiger partial charge is 0.220 e. The first-order chi connectivity index (χ1) is 10.1. The maximum Gasteiger partial charge on any atom is 0.220 e. The molecule has 0 saturated heterocycles. The number of aryl methyl sites for hydroxylation is 2. The summed E-state index contributed by atoms with van der Waals surface area (Å²) in [6.45, 7) is 4.20. The first-order valence-corrected chi connectivity index (χ1v) is 6.77. The first kappa shape index (κ1) is 15.0. The van der Waals surface area contributed by atoms with Crippen molar-refractivity contribution in [2.24, 2.45) is 0 Å². The molecular formula is C15H19N3O3. The lowest BCUT2D eigenvalue weighted by atomic mass is 10.1. The van der Waals surface area contributed by atoms with E-state index in [1.807, 2.05) is 19.9 Å². The van der Waals surface area contributed by atoms with Crippen LogP contribution in [0.5, 0.6) is 5.88 Å². The summed E-state index contributed by atoms with van der Waals surface area (Å²) in [5, 5.41) is 6.76. The van der Waals surface area contributed by atoms with Crippen LogP contribution in [0.15, 0.2) is 22.9 Å². The number of amides is 1. The van der Waals surface area contributed by atoms with Gasteiger partial charge in [-0.1, -0.05) is 5.16 Å². The lowest BCUT2D eigenvalue weighted by Gasteiger charge is -2.06. The molecule has 6 heteroatoms. The minimum atomic E-state index is -0.00854. The summed E-state index contributed by atoms with van der Waals surface area (Å²) in [4.78, 5) is 15.9. The molecule has 21 heavy (non-hydrogen) atoms. The first-order valence-electron chi connectivity index (χ1n) is 6.77. The molecule has 0 unspecified atom stereocenters. The monoisotopic (exact) mass is 289 g/mol. The van der Waals surface area contributed by atoms with Gasteiger partial charge < -0.3 is 14.6 Å². The van der Waals surface area contributed by atoms with Gasteiger partial charge in [-0.15, -0.1) is 0 Å². The minimum Gasteiger partial charge on any atom is -0.481 e. The molecule has 2 rings (SSSR count). The molecule has 0 aliphatic heterocycles. The summed E-state index contributed by atoms with van der Waals surface area (Å²) in [7, 11) is 1.56. The van der Waals surface area contributed by atoms with Gasteiger partial charge in [0.05, 0.1) is 12.8 Å². The molecule has 1 N–H and O–H groups in total. The van der Waals surface area contributed by atoms with Crippen LogP contribution in [0.3, 0.4) is 0 Å². The van der Waals surface area contributed by atoms with E-state index in [9.17, 15) is 4.79 Å². The van der Waals surface area contributed by atoms with Crippen LogP contribution in [0.4, 0.5) is 0 Å². The fourth-order valence-corrected chi connectivity index (χ4v) is 2.06. The van der Waals surface area contributed by atoms with Crippen LogP contribution in [0.2, 0.25) is 0 Å². The van der Waals surface area contributed by atoms with E-state index in [1.165, 1.54) is 0 Å². The van der Waals surface area contributed by atoms with Crippen molar-refractivity contribution < 1.29 is 14.1 Å². The predicted molar refractivity (Wildman–Crippen MR) is 76.9 cm³/mol. The Bertz CT molecular complexity index is 603. The Morgan fingerprint density at radius 3 is 2.90 bits per heavy atom. The van der Waals surface area contributed by atoms with Gasteiger partial charge in [0.25, 0.3) is 0 Å². The Labute approximate surface area is 123 Å². The highest BCUT2D eigenvalue weighted by Gasteiger charge is 2.11. The van der Waals surface area contributed by atoms with Crippen molar-refractivity contribution in [1.82, 2.24) is 15.5 Å². The molecule has 0 aliphatic rings. The highest BCUT2D eigenvalue weighted by atomic mass is 16.5. The molecule has 0 saturated carbocycles. The van der Waals surface area contributed by atoms with Gasteiger partial charge in [0, 0.05) is 30.8 Å². The summed E-state index contributed by atoms with van der Waals surface area (Å²) >= 11 is 0. The van der Waals surface area contributed by atoms with E-state index in [-0.39, 0.29) is 5.91 Å².